The molecule has 0 bridgehead atoms. The predicted octanol–water partition coefficient (Wildman–Crippen LogP) is 2.78. The van der Waals surface area contributed by atoms with Crippen LogP contribution in [0.5, 0.6) is 0 Å². The molecule has 1 rings (SSSR count). The first-order valence-electron chi connectivity index (χ1n) is 4.11. The first kappa shape index (κ1) is 13.2. The van der Waals surface area contributed by atoms with Gasteiger partial charge in [0.15, 0.2) is 0 Å². The van der Waals surface area contributed by atoms with Crippen molar-refractivity contribution in [1.29, 1.82) is 0 Å². The highest BCUT2D eigenvalue weighted by Gasteiger charge is 2.74. The molecule has 3 nitrogen and oxygen atoms in total. The summed E-state index contributed by atoms with van der Waals surface area (Å²) in [5.41, 5.74) is 0. The van der Waals surface area contributed by atoms with Gasteiger partial charge in [-0.25, -0.2) is 8.78 Å². The summed E-state index contributed by atoms with van der Waals surface area (Å²) in [5, 5.41) is 0. The minimum Gasteiger partial charge on any atom is -0.440 e. The van der Waals surface area contributed by atoms with Gasteiger partial charge in [-0.3, -0.25) is 9.47 Å². The van der Waals surface area contributed by atoms with Crippen molar-refractivity contribution in [1.82, 2.24) is 0 Å². The summed E-state index contributed by atoms with van der Waals surface area (Å²) < 4.78 is 76.9. The van der Waals surface area contributed by atoms with E-state index in [-0.39, 0.29) is 13.8 Å². The van der Waals surface area contributed by atoms with E-state index >= 15 is 0 Å². The maximum atomic E-state index is 13.6. The summed E-state index contributed by atoms with van der Waals surface area (Å²) in [7, 11) is 0. The Kier molecular flexibility index (Phi) is 2.72. The molecule has 16 heavy (non-hydrogen) atoms. The SMILES string of the molecule is C=COC1(F)OC(C)(F)C(F)(F)OC1(C)F. The van der Waals surface area contributed by atoms with Crippen molar-refractivity contribution in [3.63, 3.8) is 0 Å². The van der Waals surface area contributed by atoms with Crippen LogP contribution >= 0.6 is 0 Å². The van der Waals surface area contributed by atoms with Crippen molar-refractivity contribution < 1.29 is 36.2 Å². The molecule has 1 saturated heterocycles. The molecule has 0 amide bonds. The van der Waals surface area contributed by atoms with Gasteiger partial charge in [-0.15, -0.1) is 0 Å². The summed E-state index contributed by atoms with van der Waals surface area (Å²) in [5.74, 6) is -7.58. The molecule has 0 aromatic carbocycles. The van der Waals surface area contributed by atoms with Gasteiger partial charge in [0.05, 0.1) is 6.26 Å². The molecule has 0 N–H and O–H groups in total. The number of halogens is 5. The first-order chi connectivity index (χ1) is 6.97. The van der Waals surface area contributed by atoms with E-state index in [1.807, 2.05) is 0 Å². The highest BCUT2D eigenvalue weighted by atomic mass is 19.3. The van der Waals surface area contributed by atoms with Crippen molar-refractivity contribution in [2.75, 3.05) is 0 Å². The van der Waals surface area contributed by atoms with Gasteiger partial charge in [0.2, 0.25) is 0 Å². The van der Waals surface area contributed by atoms with Gasteiger partial charge in [-0.05, 0) is 0 Å². The van der Waals surface area contributed by atoms with Gasteiger partial charge in [0, 0.05) is 13.8 Å². The summed E-state index contributed by atoms with van der Waals surface area (Å²) in [6.45, 7) is 3.34. The van der Waals surface area contributed by atoms with Crippen LogP contribution in [-0.4, -0.2) is 23.9 Å². The zero-order valence-electron chi connectivity index (χ0n) is 8.40. The van der Waals surface area contributed by atoms with E-state index in [2.05, 4.69) is 20.8 Å². The molecule has 0 saturated carbocycles. The number of alkyl halides is 5. The zero-order valence-corrected chi connectivity index (χ0v) is 8.40. The van der Waals surface area contributed by atoms with Gasteiger partial charge in [0.1, 0.15) is 0 Å². The van der Waals surface area contributed by atoms with Crippen LogP contribution in [0, 0.1) is 0 Å². The molecule has 1 fully saturated rings. The van der Waals surface area contributed by atoms with E-state index in [0.29, 0.717) is 6.26 Å². The summed E-state index contributed by atoms with van der Waals surface area (Å²) in [4.78, 5) is 0. The Labute approximate surface area is 87.8 Å². The normalized spacial score (nSPS) is 47.4. The number of ether oxygens (including phenoxy) is 3. The molecular weight excluding hydrogens is 239 g/mol. The van der Waals surface area contributed by atoms with Crippen LogP contribution in [0.3, 0.4) is 0 Å². The van der Waals surface area contributed by atoms with Gasteiger partial charge < -0.3 is 4.74 Å². The average Bonchev–Trinajstić information content (AvgIpc) is 1.98. The monoisotopic (exact) mass is 248 g/mol. The van der Waals surface area contributed by atoms with Crippen LogP contribution < -0.4 is 0 Å². The molecule has 1 aliphatic rings. The fourth-order valence-electron chi connectivity index (χ4n) is 1.03. The van der Waals surface area contributed by atoms with E-state index in [9.17, 15) is 22.0 Å². The van der Waals surface area contributed by atoms with Gasteiger partial charge in [-0.2, -0.15) is 13.2 Å². The lowest BCUT2D eigenvalue weighted by Gasteiger charge is -2.46. The molecule has 94 valence electrons. The van der Waals surface area contributed by atoms with Crippen molar-refractivity contribution in [3.8, 4) is 0 Å². The van der Waals surface area contributed by atoms with Crippen LogP contribution in [0.15, 0.2) is 12.8 Å². The third-order valence-corrected chi connectivity index (χ3v) is 1.93. The largest absolute Gasteiger partial charge is 0.440 e. The fourth-order valence-corrected chi connectivity index (χ4v) is 1.03. The highest BCUT2D eigenvalue weighted by molar-refractivity contribution is 4.90. The molecule has 1 heterocycles. The Morgan fingerprint density at radius 2 is 1.50 bits per heavy atom. The lowest BCUT2D eigenvalue weighted by atomic mass is 10.2. The Morgan fingerprint density at radius 3 is 1.94 bits per heavy atom. The maximum Gasteiger partial charge on any atom is 0.426 e. The van der Waals surface area contributed by atoms with Crippen molar-refractivity contribution in [3.05, 3.63) is 12.8 Å². The molecule has 8 heteroatoms. The number of hydrogen-bond acceptors (Lipinski definition) is 3. The lowest BCUT2D eigenvalue weighted by Crippen LogP contribution is -2.67. The predicted molar refractivity (Wildman–Crippen MR) is 41.3 cm³/mol. The van der Waals surface area contributed by atoms with E-state index in [0.717, 1.165) is 0 Å². The molecule has 0 aromatic rings. The summed E-state index contributed by atoms with van der Waals surface area (Å²) >= 11 is 0. The van der Waals surface area contributed by atoms with Crippen LogP contribution in [-0.2, 0) is 14.2 Å². The number of rotatable bonds is 2. The highest BCUT2D eigenvalue weighted by Crippen LogP contribution is 2.51. The average molecular weight is 248 g/mol. The van der Waals surface area contributed by atoms with E-state index in [4.69, 9.17) is 0 Å². The fraction of sp³-hybridized carbons (Fsp3) is 0.750. The minimum absolute atomic E-state index is 0.184. The van der Waals surface area contributed by atoms with Crippen LogP contribution in [0.25, 0.3) is 0 Å². The minimum atomic E-state index is -4.66. The number of hydrogen-bond donors (Lipinski definition) is 0. The second kappa shape index (κ2) is 3.30. The smallest absolute Gasteiger partial charge is 0.426 e. The topological polar surface area (TPSA) is 27.7 Å². The second-order valence-corrected chi connectivity index (χ2v) is 3.38. The van der Waals surface area contributed by atoms with Crippen LogP contribution in [0.4, 0.5) is 22.0 Å². The zero-order chi connectivity index (χ0) is 12.8. The van der Waals surface area contributed by atoms with Crippen molar-refractivity contribution in [2.45, 2.75) is 37.7 Å². The quantitative estimate of drug-likeness (QED) is 0.555. The standard InChI is InChI=1S/C8H9F5O3/c1-4-14-8(13)6(3,10)15-7(11,12)5(2,9)16-8/h4H,1H2,2-3H3. The van der Waals surface area contributed by atoms with E-state index < -0.39 is 23.9 Å². The van der Waals surface area contributed by atoms with E-state index in [1.54, 1.807) is 0 Å². The van der Waals surface area contributed by atoms with Gasteiger partial charge in [-0.1, -0.05) is 6.58 Å². The molecule has 3 atom stereocenters. The molecule has 0 aromatic heterocycles. The maximum absolute atomic E-state index is 13.6. The van der Waals surface area contributed by atoms with Crippen molar-refractivity contribution in [2.24, 2.45) is 0 Å². The third kappa shape index (κ3) is 1.75. The van der Waals surface area contributed by atoms with Gasteiger partial charge >= 0.3 is 23.9 Å². The molecule has 0 aliphatic carbocycles. The van der Waals surface area contributed by atoms with Crippen molar-refractivity contribution >= 4 is 0 Å². The van der Waals surface area contributed by atoms with Gasteiger partial charge in [0.25, 0.3) is 0 Å². The Morgan fingerprint density at radius 1 is 1.00 bits per heavy atom. The Balaban J connectivity index is 3.12. The first-order valence-corrected chi connectivity index (χ1v) is 4.11. The van der Waals surface area contributed by atoms with Crippen LogP contribution in [0.2, 0.25) is 0 Å². The van der Waals surface area contributed by atoms with Crippen LogP contribution in [0.1, 0.15) is 13.8 Å². The third-order valence-electron chi connectivity index (χ3n) is 1.93. The molecule has 1 aliphatic heterocycles. The molecule has 0 spiro atoms. The Bertz CT molecular complexity index is 304. The molecular formula is C8H9F5O3. The molecule has 3 unspecified atom stereocenters. The Hall–Kier alpha value is -0.890. The summed E-state index contributed by atoms with van der Waals surface area (Å²) in [6.07, 6.45) is -4.28. The van der Waals surface area contributed by atoms with E-state index in [1.165, 1.54) is 0 Å². The molecule has 0 radical (unpaired) electrons. The lowest BCUT2D eigenvalue weighted by molar-refractivity contribution is -0.570. The second-order valence-electron chi connectivity index (χ2n) is 3.38. The summed E-state index contributed by atoms with van der Waals surface area (Å²) in [6, 6.07) is -3.85.